The van der Waals surface area contributed by atoms with Crippen LogP contribution < -0.4 is 15.4 Å². The van der Waals surface area contributed by atoms with Gasteiger partial charge in [0.15, 0.2) is 0 Å². The van der Waals surface area contributed by atoms with E-state index in [-0.39, 0.29) is 11.6 Å². The maximum absolute atomic E-state index is 12.5. The maximum atomic E-state index is 12.5. The van der Waals surface area contributed by atoms with Gasteiger partial charge in [-0.2, -0.15) is 5.26 Å². The Morgan fingerprint density at radius 2 is 2.04 bits per heavy atom. The predicted octanol–water partition coefficient (Wildman–Crippen LogP) is 5.40. The molecule has 0 aliphatic heterocycles. The van der Waals surface area contributed by atoms with Crippen LogP contribution >= 0.6 is 23.2 Å². The van der Waals surface area contributed by atoms with Crippen LogP contribution in [-0.4, -0.2) is 12.5 Å². The van der Waals surface area contributed by atoms with Crippen molar-refractivity contribution < 1.29 is 9.53 Å². The molecule has 1 amide bonds. The monoisotopic (exact) mass is 417 g/mol. The number of rotatable bonds is 7. The third-order valence-corrected chi connectivity index (χ3v) is 4.50. The molecule has 0 heterocycles. The van der Waals surface area contributed by atoms with Crippen molar-refractivity contribution in [2.75, 3.05) is 11.9 Å². The van der Waals surface area contributed by atoms with Crippen LogP contribution in [0.25, 0.3) is 0 Å². The van der Waals surface area contributed by atoms with Gasteiger partial charge in [0.05, 0.1) is 23.4 Å². The van der Waals surface area contributed by atoms with E-state index in [9.17, 15) is 10.1 Å². The van der Waals surface area contributed by atoms with E-state index >= 15 is 0 Å². The number of amides is 1. The summed E-state index contributed by atoms with van der Waals surface area (Å²) in [6.45, 7) is 6.23. The van der Waals surface area contributed by atoms with Crippen LogP contribution in [0.2, 0.25) is 10.0 Å². The Morgan fingerprint density at radius 1 is 1.29 bits per heavy atom. The molecule has 2 aromatic rings. The molecule has 1 atom stereocenters. The minimum atomic E-state index is -0.503. The highest BCUT2D eigenvalue weighted by Gasteiger charge is 2.17. The van der Waals surface area contributed by atoms with Crippen molar-refractivity contribution in [3.63, 3.8) is 0 Å². The third kappa shape index (κ3) is 5.66. The van der Waals surface area contributed by atoms with Gasteiger partial charge in [-0.1, -0.05) is 40.9 Å². The summed E-state index contributed by atoms with van der Waals surface area (Å²) in [6, 6.07) is 12.2. The first-order valence-electron chi connectivity index (χ1n) is 8.71. The molecule has 7 heteroatoms. The molecule has 2 rings (SSSR count). The molecule has 0 aromatic heterocycles. The van der Waals surface area contributed by atoms with E-state index in [2.05, 4.69) is 10.6 Å². The van der Waals surface area contributed by atoms with E-state index < -0.39 is 5.91 Å². The number of ether oxygens (including phenoxy) is 1. The third-order valence-electron chi connectivity index (χ3n) is 3.95. The second kappa shape index (κ2) is 10.0. The van der Waals surface area contributed by atoms with Crippen molar-refractivity contribution in [2.45, 2.75) is 26.8 Å². The highest BCUT2D eigenvalue weighted by molar-refractivity contribution is 6.36. The summed E-state index contributed by atoms with van der Waals surface area (Å²) in [7, 11) is 0. The minimum absolute atomic E-state index is 0.0801. The van der Waals surface area contributed by atoms with Crippen LogP contribution in [0.4, 0.5) is 5.69 Å². The number of halogens is 2. The van der Waals surface area contributed by atoms with E-state index in [1.54, 1.807) is 18.2 Å². The molecule has 5 nitrogen and oxygen atoms in total. The molecule has 2 N–H and O–H groups in total. The Hall–Kier alpha value is -2.68. The minimum Gasteiger partial charge on any atom is -0.494 e. The molecule has 0 saturated carbocycles. The number of aryl methyl sites for hydroxylation is 1. The number of benzene rings is 2. The number of carbonyl (C=O) groups excluding carboxylic acids is 1. The first-order valence-corrected chi connectivity index (χ1v) is 9.47. The Balaban J connectivity index is 2.15. The van der Waals surface area contributed by atoms with Gasteiger partial charge in [0.2, 0.25) is 0 Å². The van der Waals surface area contributed by atoms with Crippen molar-refractivity contribution in [3.8, 4) is 11.8 Å². The zero-order chi connectivity index (χ0) is 20.7. The molecular formula is C21H21Cl2N3O2. The predicted molar refractivity (Wildman–Crippen MR) is 113 cm³/mol. The molecule has 0 aliphatic rings. The van der Waals surface area contributed by atoms with Crippen LogP contribution in [0.5, 0.6) is 5.75 Å². The summed E-state index contributed by atoms with van der Waals surface area (Å²) in [5, 5.41) is 15.9. The molecule has 146 valence electrons. The van der Waals surface area contributed by atoms with Crippen molar-refractivity contribution in [2.24, 2.45) is 0 Å². The second-order valence-electron chi connectivity index (χ2n) is 6.11. The van der Waals surface area contributed by atoms with Gasteiger partial charge in [-0.15, -0.1) is 0 Å². The van der Waals surface area contributed by atoms with Crippen LogP contribution in [-0.2, 0) is 4.79 Å². The van der Waals surface area contributed by atoms with Gasteiger partial charge < -0.3 is 15.4 Å². The van der Waals surface area contributed by atoms with Crippen molar-refractivity contribution in [3.05, 3.63) is 69.3 Å². The molecule has 0 fully saturated rings. The maximum Gasteiger partial charge on any atom is 0.263 e. The molecule has 0 radical (unpaired) electrons. The molecular weight excluding hydrogens is 397 g/mol. The lowest BCUT2D eigenvalue weighted by Crippen LogP contribution is -2.28. The molecule has 0 saturated heterocycles. The number of carbonyl (C=O) groups is 1. The number of nitrogens with one attached hydrogen (secondary N) is 2. The lowest BCUT2D eigenvalue weighted by molar-refractivity contribution is -0.117. The highest BCUT2D eigenvalue weighted by atomic mass is 35.5. The average molecular weight is 418 g/mol. The SMILES string of the molecule is CCOc1ccc(C)cc1C(C)NC(=O)/C(C#N)=C\Nc1ccc(Cl)cc1Cl. The summed E-state index contributed by atoms with van der Waals surface area (Å²) in [5.74, 6) is 0.200. The quantitative estimate of drug-likeness (QED) is 0.467. The van der Waals surface area contributed by atoms with Gasteiger partial charge >= 0.3 is 0 Å². The fraction of sp³-hybridized carbons (Fsp3) is 0.238. The standard InChI is InChI=1S/C21H21Cl2N3O2/c1-4-28-20-8-5-13(2)9-17(20)14(3)26-21(27)15(11-24)12-25-19-7-6-16(22)10-18(19)23/h5-10,12,14,25H,4H2,1-3H3,(H,26,27)/b15-12-. The van der Waals surface area contributed by atoms with Gasteiger partial charge in [-0.3, -0.25) is 4.79 Å². The summed E-state index contributed by atoms with van der Waals surface area (Å²) >= 11 is 12.0. The van der Waals surface area contributed by atoms with Crippen LogP contribution in [0, 0.1) is 18.3 Å². The topological polar surface area (TPSA) is 74.1 Å². The number of hydrogen-bond donors (Lipinski definition) is 2. The number of nitrogens with zero attached hydrogens (tertiary/aromatic N) is 1. The van der Waals surface area contributed by atoms with E-state index in [0.29, 0.717) is 28.1 Å². The van der Waals surface area contributed by atoms with Crippen molar-refractivity contribution >= 4 is 34.8 Å². The number of nitriles is 1. The summed E-state index contributed by atoms with van der Waals surface area (Å²) in [4.78, 5) is 12.5. The molecule has 1 unspecified atom stereocenters. The molecule has 2 aromatic carbocycles. The van der Waals surface area contributed by atoms with Crippen LogP contribution in [0.15, 0.2) is 48.2 Å². The number of anilines is 1. The summed E-state index contributed by atoms with van der Waals surface area (Å²) in [5.41, 5.74) is 2.36. The Morgan fingerprint density at radius 3 is 2.68 bits per heavy atom. The first-order chi connectivity index (χ1) is 13.3. The second-order valence-corrected chi connectivity index (χ2v) is 6.95. The molecule has 0 spiro atoms. The molecule has 28 heavy (non-hydrogen) atoms. The largest absolute Gasteiger partial charge is 0.494 e. The average Bonchev–Trinajstić information content (AvgIpc) is 2.65. The Kier molecular flexibility index (Phi) is 7.74. The van der Waals surface area contributed by atoms with Gasteiger partial charge in [-0.05, 0) is 45.0 Å². The van der Waals surface area contributed by atoms with Crippen molar-refractivity contribution in [1.82, 2.24) is 5.32 Å². The zero-order valence-corrected chi connectivity index (χ0v) is 17.4. The lowest BCUT2D eigenvalue weighted by atomic mass is 10.0. The van der Waals surface area contributed by atoms with E-state index in [1.165, 1.54) is 6.20 Å². The Labute approximate surface area is 174 Å². The van der Waals surface area contributed by atoms with Gasteiger partial charge in [-0.25, -0.2) is 0 Å². The Bertz CT molecular complexity index is 936. The van der Waals surface area contributed by atoms with Gasteiger partial charge in [0, 0.05) is 16.8 Å². The zero-order valence-electron chi connectivity index (χ0n) is 15.8. The molecule has 0 bridgehead atoms. The van der Waals surface area contributed by atoms with E-state index in [4.69, 9.17) is 27.9 Å². The lowest BCUT2D eigenvalue weighted by Gasteiger charge is -2.18. The fourth-order valence-electron chi connectivity index (χ4n) is 2.55. The van der Waals surface area contributed by atoms with E-state index in [0.717, 1.165) is 11.1 Å². The summed E-state index contributed by atoms with van der Waals surface area (Å²) < 4.78 is 5.64. The van der Waals surface area contributed by atoms with Gasteiger partial charge in [0.25, 0.3) is 5.91 Å². The molecule has 0 aliphatic carbocycles. The van der Waals surface area contributed by atoms with E-state index in [1.807, 2.05) is 45.0 Å². The fourth-order valence-corrected chi connectivity index (χ4v) is 3.01. The smallest absolute Gasteiger partial charge is 0.263 e. The summed E-state index contributed by atoms with van der Waals surface area (Å²) in [6.07, 6.45) is 1.32. The van der Waals surface area contributed by atoms with Crippen LogP contribution in [0.3, 0.4) is 0 Å². The van der Waals surface area contributed by atoms with Crippen molar-refractivity contribution in [1.29, 1.82) is 5.26 Å². The first kappa shape index (κ1) is 21.6. The van der Waals surface area contributed by atoms with Gasteiger partial charge in [0.1, 0.15) is 17.4 Å². The highest BCUT2D eigenvalue weighted by Crippen LogP contribution is 2.27. The van der Waals surface area contributed by atoms with Crippen LogP contribution in [0.1, 0.15) is 31.0 Å². The normalized spacial score (nSPS) is 12.1. The number of hydrogen-bond acceptors (Lipinski definition) is 4.